The van der Waals surface area contributed by atoms with Crippen molar-refractivity contribution in [1.29, 1.82) is 5.26 Å². The lowest BCUT2D eigenvalue weighted by molar-refractivity contribution is -0.134. The first-order chi connectivity index (χ1) is 8.50. The summed E-state index contributed by atoms with van der Waals surface area (Å²) in [4.78, 5) is 15.9. The Morgan fingerprint density at radius 1 is 1.61 bits per heavy atom. The molecule has 0 N–H and O–H groups in total. The van der Waals surface area contributed by atoms with Crippen LogP contribution in [-0.2, 0) is 9.53 Å². The van der Waals surface area contributed by atoms with Gasteiger partial charge in [0.25, 0.3) is 0 Å². The second-order valence-corrected chi connectivity index (χ2v) is 5.32. The Labute approximate surface area is 109 Å². The molecule has 0 aromatic rings. The van der Waals surface area contributed by atoms with Crippen molar-refractivity contribution in [2.75, 3.05) is 46.9 Å². The SMILES string of the molecule is COCCN(C)CC(=O)N1CCCC(C)(C#N)C1. The van der Waals surface area contributed by atoms with E-state index in [2.05, 4.69) is 6.07 Å². The van der Waals surface area contributed by atoms with Crippen LogP contribution < -0.4 is 0 Å². The van der Waals surface area contributed by atoms with E-state index in [1.165, 1.54) is 0 Å². The highest BCUT2D eigenvalue weighted by atomic mass is 16.5. The zero-order valence-electron chi connectivity index (χ0n) is 11.6. The van der Waals surface area contributed by atoms with Crippen molar-refractivity contribution in [3.05, 3.63) is 0 Å². The smallest absolute Gasteiger partial charge is 0.236 e. The largest absolute Gasteiger partial charge is 0.383 e. The van der Waals surface area contributed by atoms with Crippen LogP contribution in [0, 0.1) is 16.7 Å². The zero-order valence-corrected chi connectivity index (χ0v) is 11.6. The van der Waals surface area contributed by atoms with Crippen LogP contribution >= 0.6 is 0 Å². The van der Waals surface area contributed by atoms with Crippen molar-refractivity contribution >= 4 is 5.91 Å². The first-order valence-electron chi connectivity index (χ1n) is 6.37. The second kappa shape index (κ2) is 6.72. The van der Waals surface area contributed by atoms with E-state index in [-0.39, 0.29) is 11.3 Å². The summed E-state index contributed by atoms with van der Waals surface area (Å²) in [6, 6.07) is 2.33. The minimum absolute atomic E-state index is 0.106. The van der Waals surface area contributed by atoms with Gasteiger partial charge in [-0.1, -0.05) is 0 Å². The Morgan fingerprint density at radius 3 is 2.94 bits per heavy atom. The van der Waals surface area contributed by atoms with Crippen molar-refractivity contribution in [3.63, 3.8) is 0 Å². The average Bonchev–Trinajstić information content (AvgIpc) is 2.36. The summed E-state index contributed by atoms with van der Waals surface area (Å²) < 4.78 is 4.98. The van der Waals surface area contributed by atoms with Gasteiger partial charge in [-0.3, -0.25) is 9.69 Å². The molecule has 1 unspecified atom stereocenters. The fourth-order valence-corrected chi connectivity index (χ4v) is 2.20. The Balaban J connectivity index is 2.44. The molecule has 0 radical (unpaired) electrons. The number of carbonyl (C=O) groups is 1. The molecule has 5 nitrogen and oxygen atoms in total. The van der Waals surface area contributed by atoms with E-state index < -0.39 is 0 Å². The number of nitrogens with zero attached hydrogens (tertiary/aromatic N) is 3. The molecule has 1 amide bonds. The second-order valence-electron chi connectivity index (χ2n) is 5.32. The first kappa shape index (κ1) is 14.9. The lowest BCUT2D eigenvalue weighted by Crippen LogP contribution is -2.47. The molecule has 0 saturated carbocycles. The van der Waals surface area contributed by atoms with Crippen LogP contribution in [0.3, 0.4) is 0 Å². The first-order valence-corrected chi connectivity index (χ1v) is 6.37. The van der Waals surface area contributed by atoms with Crippen molar-refractivity contribution in [2.24, 2.45) is 5.41 Å². The molecular weight excluding hydrogens is 230 g/mol. The van der Waals surface area contributed by atoms with Crippen LogP contribution in [0.4, 0.5) is 0 Å². The Kier molecular flexibility index (Phi) is 5.57. The summed E-state index contributed by atoms with van der Waals surface area (Å²) in [5.41, 5.74) is -0.376. The molecule has 1 atom stereocenters. The van der Waals surface area contributed by atoms with Crippen LogP contribution in [-0.4, -0.2) is 62.7 Å². The number of amides is 1. The zero-order chi connectivity index (χ0) is 13.6. The summed E-state index contributed by atoms with van der Waals surface area (Å²) in [7, 11) is 3.56. The van der Waals surface area contributed by atoms with E-state index in [0.717, 1.165) is 25.9 Å². The third kappa shape index (κ3) is 4.28. The van der Waals surface area contributed by atoms with E-state index in [1.807, 2.05) is 23.8 Å². The Bertz CT molecular complexity index is 327. The van der Waals surface area contributed by atoms with Crippen molar-refractivity contribution in [3.8, 4) is 6.07 Å². The molecule has 1 fully saturated rings. The molecule has 0 spiro atoms. The van der Waals surface area contributed by atoms with Crippen LogP contribution in [0.2, 0.25) is 0 Å². The highest BCUT2D eigenvalue weighted by Crippen LogP contribution is 2.28. The maximum atomic E-state index is 12.1. The summed E-state index contributed by atoms with van der Waals surface area (Å²) in [6.07, 6.45) is 1.80. The lowest BCUT2D eigenvalue weighted by atomic mass is 9.83. The molecule has 1 saturated heterocycles. The highest BCUT2D eigenvalue weighted by molar-refractivity contribution is 5.78. The van der Waals surface area contributed by atoms with E-state index in [0.29, 0.717) is 19.7 Å². The van der Waals surface area contributed by atoms with Gasteiger partial charge < -0.3 is 9.64 Å². The van der Waals surface area contributed by atoms with E-state index in [9.17, 15) is 4.79 Å². The molecule has 0 aliphatic carbocycles. The van der Waals surface area contributed by atoms with Gasteiger partial charge in [0, 0.05) is 26.7 Å². The topological polar surface area (TPSA) is 56.6 Å². The van der Waals surface area contributed by atoms with E-state index in [4.69, 9.17) is 10.00 Å². The molecular formula is C13H23N3O2. The summed E-state index contributed by atoms with van der Waals surface area (Å²) in [6.45, 7) is 5.02. The molecule has 0 bridgehead atoms. The van der Waals surface area contributed by atoms with Gasteiger partial charge in [-0.25, -0.2) is 0 Å². The highest BCUT2D eigenvalue weighted by Gasteiger charge is 2.33. The van der Waals surface area contributed by atoms with E-state index in [1.54, 1.807) is 7.11 Å². The van der Waals surface area contributed by atoms with Gasteiger partial charge >= 0.3 is 0 Å². The number of methoxy groups -OCH3 is 1. The molecule has 0 aromatic carbocycles. The van der Waals surface area contributed by atoms with Crippen LogP contribution in [0.25, 0.3) is 0 Å². The number of hydrogen-bond donors (Lipinski definition) is 0. The average molecular weight is 253 g/mol. The number of hydrogen-bond acceptors (Lipinski definition) is 4. The molecule has 1 heterocycles. The van der Waals surface area contributed by atoms with Crippen LogP contribution in [0.5, 0.6) is 0 Å². The molecule has 1 aliphatic rings. The number of likely N-dealkylation sites (tertiary alicyclic amines) is 1. The number of carbonyl (C=O) groups excluding carboxylic acids is 1. The molecule has 102 valence electrons. The minimum Gasteiger partial charge on any atom is -0.383 e. The summed E-state index contributed by atoms with van der Waals surface area (Å²) >= 11 is 0. The minimum atomic E-state index is -0.376. The Morgan fingerprint density at radius 2 is 2.33 bits per heavy atom. The molecule has 1 aliphatic heterocycles. The summed E-state index contributed by atoms with van der Waals surface area (Å²) in [5, 5.41) is 9.13. The third-order valence-electron chi connectivity index (χ3n) is 3.40. The van der Waals surface area contributed by atoms with Crippen molar-refractivity contribution < 1.29 is 9.53 Å². The van der Waals surface area contributed by atoms with Gasteiger partial charge in [-0.05, 0) is 26.8 Å². The number of rotatable bonds is 5. The number of ether oxygens (including phenoxy) is 1. The lowest BCUT2D eigenvalue weighted by Gasteiger charge is -2.36. The fraction of sp³-hybridized carbons (Fsp3) is 0.846. The maximum Gasteiger partial charge on any atom is 0.236 e. The standard InChI is InChI=1S/C13H23N3O2/c1-13(10-14)5-4-6-16(11-13)12(17)9-15(2)7-8-18-3/h4-9,11H2,1-3H3. The van der Waals surface area contributed by atoms with Crippen molar-refractivity contribution in [1.82, 2.24) is 9.80 Å². The van der Waals surface area contributed by atoms with E-state index >= 15 is 0 Å². The van der Waals surface area contributed by atoms with Gasteiger partial charge in [0.2, 0.25) is 5.91 Å². The maximum absolute atomic E-state index is 12.1. The number of likely N-dealkylation sites (N-methyl/N-ethyl adjacent to an activating group) is 1. The molecule has 0 aromatic heterocycles. The van der Waals surface area contributed by atoms with Gasteiger partial charge in [0.1, 0.15) is 0 Å². The van der Waals surface area contributed by atoms with Gasteiger partial charge in [-0.15, -0.1) is 0 Å². The predicted molar refractivity (Wildman–Crippen MR) is 68.9 cm³/mol. The van der Waals surface area contributed by atoms with Crippen LogP contribution in [0.15, 0.2) is 0 Å². The van der Waals surface area contributed by atoms with Gasteiger partial charge in [0.15, 0.2) is 0 Å². The normalized spacial score (nSPS) is 24.1. The van der Waals surface area contributed by atoms with Gasteiger partial charge in [-0.2, -0.15) is 5.26 Å². The van der Waals surface area contributed by atoms with Gasteiger partial charge in [0.05, 0.1) is 24.6 Å². The molecule has 5 heteroatoms. The quantitative estimate of drug-likeness (QED) is 0.724. The summed E-state index contributed by atoms with van der Waals surface area (Å²) in [5.74, 6) is 0.106. The monoisotopic (exact) mass is 253 g/mol. The fourth-order valence-electron chi connectivity index (χ4n) is 2.20. The molecule has 18 heavy (non-hydrogen) atoms. The third-order valence-corrected chi connectivity index (χ3v) is 3.40. The Hall–Kier alpha value is -1.12. The number of nitriles is 1. The number of piperidine rings is 1. The van der Waals surface area contributed by atoms with Crippen LogP contribution in [0.1, 0.15) is 19.8 Å². The van der Waals surface area contributed by atoms with Crippen molar-refractivity contribution in [2.45, 2.75) is 19.8 Å². The molecule has 1 rings (SSSR count). The predicted octanol–water partition coefficient (Wildman–Crippen LogP) is 0.717.